The largest absolute Gasteiger partial charge is 0.490 e. The van der Waals surface area contributed by atoms with Gasteiger partial charge in [-0.15, -0.1) is 0 Å². The van der Waals surface area contributed by atoms with Gasteiger partial charge < -0.3 is 10.1 Å². The number of carbonyl (C=O) groups excluding carboxylic acids is 3. The lowest BCUT2D eigenvalue weighted by Crippen LogP contribution is -2.36. The second kappa shape index (κ2) is 8.97. The molecule has 3 amide bonds. The first kappa shape index (κ1) is 21.3. The Morgan fingerprint density at radius 2 is 1.97 bits per heavy atom. The summed E-state index contributed by atoms with van der Waals surface area (Å²) in [5.41, 5.74) is 0.545. The highest BCUT2D eigenvalue weighted by Crippen LogP contribution is 2.34. The fourth-order valence-corrected chi connectivity index (χ4v) is 3.57. The third kappa shape index (κ3) is 4.78. The molecule has 2 aromatic carbocycles. The van der Waals surface area contributed by atoms with E-state index < -0.39 is 28.5 Å². The molecule has 9 nitrogen and oxygen atoms in total. The van der Waals surface area contributed by atoms with E-state index in [0.29, 0.717) is 28.0 Å². The maximum atomic E-state index is 12.6. The van der Waals surface area contributed by atoms with Gasteiger partial charge in [-0.1, -0.05) is 17.7 Å². The number of amides is 3. The van der Waals surface area contributed by atoms with Crippen LogP contribution in [0, 0.1) is 10.1 Å². The van der Waals surface area contributed by atoms with Crippen molar-refractivity contribution < 1.29 is 24.0 Å². The van der Waals surface area contributed by atoms with E-state index in [1.54, 1.807) is 24.3 Å². The number of halogens is 1. The SMILES string of the molecule is COc1ccc(/C=C2/SC(=O)N(CC(=O)Nc3ccc(Cl)cc3)C2=O)cc1[N+](=O)[O-]. The molecule has 1 saturated heterocycles. The molecule has 0 bridgehead atoms. The molecule has 2 aromatic rings. The lowest BCUT2D eigenvalue weighted by atomic mass is 10.1. The average Bonchev–Trinajstić information content (AvgIpc) is 2.97. The van der Waals surface area contributed by atoms with Crippen molar-refractivity contribution in [2.75, 3.05) is 19.0 Å². The Kier molecular flexibility index (Phi) is 6.38. The topological polar surface area (TPSA) is 119 Å². The molecule has 0 saturated carbocycles. The maximum absolute atomic E-state index is 12.6. The molecule has 0 unspecified atom stereocenters. The molecular formula is C19H14ClN3O6S. The van der Waals surface area contributed by atoms with Crippen LogP contribution in [0.15, 0.2) is 47.4 Å². The van der Waals surface area contributed by atoms with Crippen LogP contribution in [0.4, 0.5) is 16.2 Å². The minimum absolute atomic E-state index is 0.0544. The first-order valence-corrected chi connectivity index (χ1v) is 9.61. The number of nitrogens with zero attached hydrogens (tertiary/aromatic N) is 2. The van der Waals surface area contributed by atoms with Gasteiger partial charge in [0.15, 0.2) is 5.75 Å². The van der Waals surface area contributed by atoms with Crippen LogP contribution >= 0.6 is 23.4 Å². The quantitative estimate of drug-likeness (QED) is 0.404. The van der Waals surface area contributed by atoms with E-state index in [2.05, 4.69) is 5.32 Å². The zero-order chi connectivity index (χ0) is 21.8. The Morgan fingerprint density at radius 1 is 1.27 bits per heavy atom. The maximum Gasteiger partial charge on any atom is 0.311 e. The summed E-state index contributed by atoms with van der Waals surface area (Å²) in [4.78, 5) is 48.3. The van der Waals surface area contributed by atoms with Gasteiger partial charge in [0, 0.05) is 16.8 Å². The Morgan fingerprint density at radius 3 is 2.60 bits per heavy atom. The van der Waals surface area contributed by atoms with Gasteiger partial charge in [0.1, 0.15) is 6.54 Å². The number of carbonyl (C=O) groups is 3. The molecule has 3 rings (SSSR count). The van der Waals surface area contributed by atoms with E-state index in [1.807, 2.05) is 0 Å². The third-order valence-corrected chi connectivity index (χ3v) is 5.16. The summed E-state index contributed by atoms with van der Waals surface area (Å²) in [5, 5.41) is 13.6. The number of benzene rings is 2. The summed E-state index contributed by atoms with van der Waals surface area (Å²) in [5.74, 6) is -1.14. The molecule has 1 N–H and O–H groups in total. The summed E-state index contributed by atoms with van der Waals surface area (Å²) in [7, 11) is 1.31. The van der Waals surface area contributed by atoms with Crippen molar-refractivity contribution in [3.05, 3.63) is 68.1 Å². The highest BCUT2D eigenvalue weighted by molar-refractivity contribution is 8.18. The van der Waals surface area contributed by atoms with Crippen LogP contribution in [0.25, 0.3) is 6.08 Å². The van der Waals surface area contributed by atoms with Crippen LogP contribution in [0.1, 0.15) is 5.56 Å². The van der Waals surface area contributed by atoms with Crippen LogP contribution in [0.5, 0.6) is 5.75 Å². The second-order valence-electron chi connectivity index (χ2n) is 6.01. The number of rotatable bonds is 6. The zero-order valence-electron chi connectivity index (χ0n) is 15.5. The highest BCUT2D eigenvalue weighted by atomic mass is 35.5. The van der Waals surface area contributed by atoms with Gasteiger partial charge in [-0.3, -0.25) is 29.4 Å². The average molecular weight is 448 g/mol. The standard InChI is InChI=1S/C19H14ClN3O6S/c1-29-15-7-2-11(8-14(15)23(27)28)9-16-18(25)22(19(26)30-16)10-17(24)21-13-5-3-12(20)4-6-13/h2-9H,10H2,1H3,(H,21,24)/b16-9+. The van der Waals surface area contributed by atoms with Crippen molar-refractivity contribution in [2.45, 2.75) is 0 Å². The molecule has 0 radical (unpaired) electrons. The summed E-state index contributed by atoms with van der Waals surface area (Å²) in [6, 6.07) is 10.5. The van der Waals surface area contributed by atoms with Gasteiger partial charge in [0.25, 0.3) is 11.1 Å². The molecule has 0 spiro atoms. The number of anilines is 1. The smallest absolute Gasteiger partial charge is 0.311 e. The Labute approximate surface area is 179 Å². The van der Waals surface area contributed by atoms with Crippen molar-refractivity contribution in [2.24, 2.45) is 0 Å². The molecule has 154 valence electrons. The first-order valence-electron chi connectivity index (χ1n) is 8.41. The number of hydrogen-bond donors (Lipinski definition) is 1. The second-order valence-corrected chi connectivity index (χ2v) is 7.44. The van der Waals surface area contributed by atoms with Crippen molar-refractivity contribution >= 4 is 57.9 Å². The van der Waals surface area contributed by atoms with Crippen molar-refractivity contribution in [1.29, 1.82) is 0 Å². The molecule has 0 aromatic heterocycles. The Hall–Kier alpha value is -3.37. The van der Waals surface area contributed by atoms with Gasteiger partial charge in [0.05, 0.1) is 16.9 Å². The number of thioether (sulfide) groups is 1. The number of imide groups is 1. The van der Waals surface area contributed by atoms with Gasteiger partial charge >= 0.3 is 5.69 Å². The minimum Gasteiger partial charge on any atom is -0.490 e. The molecule has 1 fully saturated rings. The minimum atomic E-state index is -0.658. The van der Waals surface area contributed by atoms with Crippen LogP contribution in [-0.2, 0) is 9.59 Å². The van der Waals surface area contributed by atoms with Crippen molar-refractivity contribution in [3.63, 3.8) is 0 Å². The molecule has 1 heterocycles. The van der Waals surface area contributed by atoms with Gasteiger partial charge in [-0.25, -0.2) is 0 Å². The first-order chi connectivity index (χ1) is 14.3. The molecule has 11 heteroatoms. The fraction of sp³-hybridized carbons (Fsp3) is 0.105. The predicted molar refractivity (Wildman–Crippen MR) is 112 cm³/mol. The van der Waals surface area contributed by atoms with Crippen LogP contribution in [0.2, 0.25) is 5.02 Å². The summed E-state index contributed by atoms with van der Waals surface area (Å²) in [6.07, 6.45) is 1.36. The summed E-state index contributed by atoms with van der Waals surface area (Å²) in [6.45, 7) is -0.465. The highest BCUT2D eigenvalue weighted by Gasteiger charge is 2.36. The van der Waals surface area contributed by atoms with Gasteiger partial charge in [-0.2, -0.15) is 0 Å². The monoisotopic (exact) mass is 447 g/mol. The predicted octanol–water partition coefficient (Wildman–Crippen LogP) is 3.93. The molecule has 0 atom stereocenters. The molecule has 0 aliphatic carbocycles. The van der Waals surface area contributed by atoms with Gasteiger partial charge in [-0.05, 0) is 53.7 Å². The number of nitro benzene ring substituents is 1. The van der Waals surface area contributed by atoms with E-state index in [1.165, 1.54) is 31.4 Å². The summed E-state index contributed by atoms with van der Waals surface area (Å²) >= 11 is 6.44. The van der Waals surface area contributed by atoms with Gasteiger partial charge in [0.2, 0.25) is 5.91 Å². The molecular weight excluding hydrogens is 434 g/mol. The number of methoxy groups -OCH3 is 1. The molecule has 1 aliphatic heterocycles. The van der Waals surface area contributed by atoms with E-state index in [-0.39, 0.29) is 16.3 Å². The summed E-state index contributed by atoms with van der Waals surface area (Å²) < 4.78 is 4.94. The Bertz CT molecular complexity index is 1070. The van der Waals surface area contributed by atoms with E-state index in [0.717, 1.165) is 4.90 Å². The number of nitrogens with one attached hydrogen (secondary N) is 1. The van der Waals surface area contributed by atoms with Crippen LogP contribution in [0.3, 0.4) is 0 Å². The number of ether oxygens (including phenoxy) is 1. The van der Waals surface area contributed by atoms with Crippen molar-refractivity contribution in [3.8, 4) is 5.75 Å². The van der Waals surface area contributed by atoms with E-state index in [4.69, 9.17) is 16.3 Å². The van der Waals surface area contributed by atoms with E-state index >= 15 is 0 Å². The lowest BCUT2D eigenvalue weighted by Gasteiger charge is -2.12. The molecule has 30 heavy (non-hydrogen) atoms. The van der Waals surface area contributed by atoms with Crippen LogP contribution < -0.4 is 10.1 Å². The number of hydrogen-bond acceptors (Lipinski definition) is 7. The van der Waals surface area contributed by atoms with Crippen molar-refractivity contribution in [1.82, 2.24) is 4.90 Å². The van der Waals surface area contributed by atoms with Crippen LogP contribution in [-0.4, -0.2) is 40.5 Å². The molecule has 1 aliphatic rings. The normalized spacial score (nSPS) is 14.9. The third-order valence-electron chi connectivity index (χ3n) is 4.00. The van der Waals surface area contributed by atoms with E-state index in [9.17, 15) is 24.5 Å². The Balaban J connectivity index is 1.74. The fourth-order valence-electron chi connectivity index (χ4n) is 2.60. The zero-order valence-corrected chi connectivity index (χ0v) is 17.0. The lowest BCUT2D eigenvalue weighted by molar-refractivity contribution is -0.385. The number of nitro groups is 1.